The minimum Gasteiger partial charge on any atom is -0.356 e. The first-order chi connectivity index (χ1) is 12.6. The number of piperidine rings is 1. The van der Waals surface area contributed by atoms with Crippen LogP contribution in [-0.2, 0) is 15.4 Å². The van der Waals surface area contributed by atoms with E-state index in [1.807, 2.05) is 6.07 Å². The van der Waals surface area contributed by atoms with Crippen LogP contribution in [0.15, 0.2) is 41.4 Å². The van der Waals surface area contributed by atoms with Crippen LogP contribution in [0.5, 0.6) is 0 Å². The van der Waals surface area contributed by atoms with Crippen molar-refractivity contribution in [2.24, 2.45) is 0 Å². The van der Waals surface area contributed by atoms with E-state index in [0.29, 0.717) is 25.9 Å². The molecule has 6 nitrogen and oxygen atoms in total. The third-order valence-corrected chi connectivity index (χ3v) is 6.11. The molecule has 2 heterocycles. The fraction of sp³-hybridized carbons (Fsp3) is 0.474. The highest BCUT2D eigenvalue weighted by Gasteiger charge is 2.26. The van der Waals surface area contributed by atoms with Crippen molar-refractivity contribution >= 4 is 15.8 Å². The summed E-state index contributed by atoms with van der Waals surface area (Å²) in [5.41, 5.74) is -0.126. The highest BCUT2D eigenvalue weighted by atomic mass is 32.2. The summed E-state index contributed by atoms with van der Waals surface area (Å²) in [6, 6.07) is 6.60. The number of benzene rings is 1. The van der Waals surface area contributed by atoms with Gasteiger partial charge in [0.2, 0.25) is 10.0 Å². The van der Waals surface area contributed by atoms with Crippen LogP contribution in [0.3, 0.4) is 0 Å². The maximum Gasteiger partial charge on any atom is 0.240 e. The van der Waals surface area contributed by atoms with Gasteiger partial charge < -0.3 is 4.90 Å². The Bertz CT molecular complexity index is 887. The maximum absolute atomic E-state index is 13.0. The number of hydrogen-bond donors (Lipinski definition) is 1. The molecule has 1 fully saturated rings. The molecule has 2 aromatic rings. The van der Waals surface area contributed by atoms with Gasteiger partial charge in [0.1, 0.15) is 17.5 Å². The number of nitrogens with zero attached hydrogens (tertiary/aromatic N) is 3. The first-order valence-corrected chi connectivity index (χ1v) is 10.5. The number of halogens is 1. The van der Waals surface area contributed by atoms with Gasteiger partial charge in [-0.2, -0.15) is 0 Å². The van der Waals surface area contributed by atoms with Crippen molar-refractivity contribution in [3.8, 4) is 0 Å². The Hall–Kier alpha value is -2.06. The van der Waals surface area contributed by atoms with Gasteiger partial charge in [-0.05, 0) is 43.2 Å². The van der Waals surface area contributed by atoms with Crippen molar-refractivity contribution in [1.82, 2.24) is 14.7 Å². The van der Waals surface area contributed by atoms with Gasteiger partial charge in [0.05, 0.1) is 4.90 Å². The van der Waals surface area contributed by atoms with E-state index in [1.54, 1.807) is 6.20 Å². The molecular formula is C19H25FN4O2S. The first-order valence-electron chi connectivity index (χ1n) is 9.01. The average Bonchev–Trinajstić information content (AvgIpc) is 2.62. The van der Waals surface area contributed by atoms with E-state index in [9.17, 15) is 12.8 Å². The molecule has 0 amide bonds. The van der Waals surface area contributed by atoms with Crippen molar-refractivity contribution in [1.29, 1.82) is 0 Å². The number of nitrogens with one attached hydrogen (secondary N) is 1. The Morgan fingerprint density at radius 1 is 1.11 bits per heavy atom. The van der Waals surface area contributed by atoms with E-state index in [0.717, 1.165) is 23.8 Å². The zero-order valence-corrected chi connectivity index (χ0v) is 16.6. The van der Waals surface area contributed by atoms with Crippen LogP contribution < -0.4 is 9.62 Å². The SMILES string of the molecule is CC(C)(C)c1nccc(N2CCC(NS(=O)(=O)c3ccc(F)cc3)CC2)n1. The molecule has 1 aliphatic heterocycles. The second-order valence-electron chi connectivity index (χ2n) is 7.82. The standard InChI is InChI=1S/C19H25FN4O2S/c1-19(2,3)18-21-11-8-17(22-18)24-12-9-15(10-13-24)23-27(25,26)16-6-4-14(20)5-7-16/h4-8,11,15,23H,9-10,12-13H2,1-3H3. The quantitative estimate of drug-likeness (QED) is 0.866. The molecule has 1 saturated heterocycles. The van der Waals surface area contributed by atoms with Gasteiger partial charge in [0, 0.05) is 30.7 Å². The molecule has 146 valence electrons. The van der Waals surface area contributed by atoms with Crippen LogP contribution in [0, 0.1) is 5.82 Å². The van der Waals surface area contributed by atoms with Gasteiger partial charge in [-0.25, -0.2) is 27.5 Å². The number of sulfonamides is 1. The average molecular weight is 393 g/mol. The molecule has 1 aliphatic rings. The zero-order valence-electron chi connectivity index (χ0n) is 15.8. The Labute approximate surface area is 159 Å². The van der Waals surface area contributed by atoms with E-state index < -0.39 is 15.8 Å². The fourth-order valence-electron chi connectivity index (χ4n) is 3.01. The second kappa shape index (κ2) is 7.52. The summed E-state index contributed by atoms with van der Waals surface area (Å²) in [6.07, 6.45) is 3.12. The van der Waals surface area contributed by atoms with Crippen LogP contribution in [0.4, 0.5) is 10.2 Å². The van der Waals surface area contributed by atoms with Gasteiger partial charge >= 0.3 is 0 Å². The summed E-state index contributed by atoms with van der Waals surface area (Å²) in [5, 5.41) is 0. The predicted molar refractivity (Wildman–Crippen MR) is 103 cm³/mol. The number of aromatic nitrogens is 2. The second-order valence-corrected chi connectivity index (χ2v) is 9.54. The Morgan fingerprint density at radius 3 is 2.33 bits per heavy atom. The van der Waals surface area contributed by atoms with E-state index in [1.165, 1.54) is 12.1 Å². The fourth-order valence-corrected chi connectivity index (χ4v) is 4.32. The number of rotatable bonds is 4. The summed E-state index contributed by atoms with van der Waals surface area (Å²) in [7, 11) is -3.65. The molecule has 27 heavy (non-hydrogen) atoms. The monoisotopic (exact) mass is 392 g/mol. The summed E-state index contributed by atoms with van der Waals surface area (Å²) in [5.74, 6) is 1.20. The Kier molecular flexibility index (Phi) is 5.48. The summed E-state index contributed by atoms with van der Waals surface area (Å²) >= 11 is 0. The lowest BCUT2D eigenvalue weighted by molar-refractivity contribution is 0.456. The molecule has 8 heteroatoms. The van der Waals surface area contributed by atoms with Crippen LogP contribution in [-0.4, -0.2) is 37.5 Å². The van der Waals surface area contributed by atoms with Crippen molar-refractivity contribution in [2.75, 3.05) is 18.0 Å². The normalized spacial score (nSPS) is 16.5. The molecule has 1 aromatic heterocycles. The smallest absolute Gasteiger partial charge is 0.240 e. The molecule has 0 saturated carbocycles. The van der Waals surface area contributed by atoms with Gasteiger partial charge in [-0.15, -0.1) is 0 Å². The topological polar surface area (TPSA) is 75.2 Å². The molecule has 0 atom stereocenters. The molecule has 0 spiro atoms. The van der Waals surface area contributed by atoms with Crippen LogP contribution in [0.1, 0.15) is 39.4 Å². The van der Waals surface area contributed by atoms with Crippen molar-refractivity contribution in [3.05, 3.63) is 48.2 Å². The molecule has 0 aliphatic carbocycles. The van der Waals surface area contributed by atoms with Crippen LogP contribution >= 0.6 is 0 Å². The lowest BCUT2D eigenvalue weighted by atomic mass is 9.96. The van der Waals surface area contributed by atoms with Gasteiger partial charge in [0.15, 0.2) is 0 Å². The third-order valence-electron chi connectivity index (χ3n) is 4.58. The Morgan fingerprint density at radius 2 is 1.74 bits per heavy atom. The van der Waals surface area contributed by atoms with Crippen LogP contribution in [0.25, 0.3) is 0 Å². The molecule has 0 radical (unpaired) electrons. The van der Waals surface area contributed by atoms with Crippen molar-refractivity contribution in [3.63, 3.8) is 0 Å². The van der Waals surface area contributed by atoms with Gasteiger partial charge in [-0.1, -0.05) is 20.8 Å². The minimum atomic E-state index is -3.65. The summed E-state index contributed by atoms with van der Waals surface area (Å²) < 4.78 is 40.6. The lowest BCUT2D eigenvalue weighted by Crippen LogP contribution is -2.45. The summed E-state index contributed by atoms with van der Waals surface area (Å²) in [4.78, 5) is 11.2. The van der Waals surface area contributed by atoms with E-state index >= 15 is 0 Å². The van der Waals surface area contributed by atoms with E-state index in [-0.39, 0.29) is 16.4 Å². The van der Waals surface area contributed by atoms with Gasteiger partial charge in [0.25, 0.3) is 0 Å². The lowest BCUT2D eigenvalue weighted by Gasteiger charge is -2.33. The number of anilines is 1. The highest BCUT2D eigenvalue weighted by Crippen LogP contribution is 2.23. The minimum absolute atomic E-state index is 0.0805. The molecule has 0 unspecified atom stereocenters. The predicted octanol–water partition coefficient (Wildman–Crippen LogP) is 2.86. The highest BCUT2D eigenvalue weighted by molar-refractivity contribution is 7.89. The molecule has 3 rings (SSSR count). The first kappa shape index (κ1) is 19.7. The largest absolute Gasteiger partial charge is 0.356 e. The molecule has 0 bridgehead atoms. The molecule has 1 N–H and O–H groups in total. The van der Waals surface area contributed by atoms with Gasteiger partial charge in [-0.3, -0.25) is 0 Å². The maximum atomic E-state index is 13.0. The van der Waals surface area contributed by atoms with E-state index in [2.05, 4.69) is 40.4 Å². The van der Waals surface area contributed by atoms with Crippen LogP contribution in [0.2, 0.25) is 0 Å². The summed E-state index contributed by atoms with van der Waals surface area (Å²) in [6.45, 7) is 7.63. The third kappa shape index (κ3) is 4.81. The number of hydrogen-bond acceptors (Lipinski definition) is 5. The Balaban J connectivity index is 1.63. The van der Waals surface area contributed by atoms with Crippen molar-refractivity contribution < 1.29 is 12.8 Å². The van der Waals surface area contributed by atoms with Crippen molar-refractivity contribution in [2.45, 2.75) is 50.0 Å². The van der Waals surface area contributed by atoms with E-state index in [4.69, 9.17) is 0 Å². The molecular weight excluding hydrogens is 367 g/mol. The zero-order chi connectivity index (χ0) is 19.7. The molecule has 1 aromatic carbocycles.